The molecule has 0 fully saturated rings. The van der Waals surface area contributed by atoms with Crippen LogP contribution in [0.2, 0.25) is 0 Å². The molecule has 1 aromatic carbocycles. The third kappa shape index (κ3) is 3.22. The molecular formula is C18H18O4. The van der Waals surface area contributed by atoms with Gasteiger partial charge in [0.05, 0.1) is 0 Å². The fourth-order valence-electron chi connectivity index (χ4n) is 2.48. The fraction of sp³-hybridized carbons (Fsp3) is 0.278. The molecule has 1 aliphatic carbocycles. The summed E-state index contributed by atoms with van der Waals surface area (Å²) in [5.41, 5.74) is 2.79. The predicted octanol–water partition coefficient (Wildman–Crippen LogP) is 3.58. The van der Waals surface area contributed by atoms with Crippen molar-refractivity contribution in [3.8, 4) is 0 Å². The number of fused-ring (bicyclic) bond motifs is 1. The zero-order valence-electron chi connectivity index (χ0n) is 12.7. The van der Waals surface area contributed by atoms with Crippen molar-refractivity contribution in [3.63, 3.8) is 0 Å². The quantitative estimate of drug-likeness (QED) is 0.843. The van der Waals surface area contributed by atoms with Gasteiger partial charge in [0.15, 0.2) is 11.6 Å². The molecule has 0 amide bonds. The second kappa shape index (κ2) is 6.52. The molecule has 22 heavy (non-hydrogen) atoms. The van der Waals surface area contributed by atoms with Gasteiger partial charge in [-0.05, 0) is 26.7 Å². The second-order valence-corrected chi connectivity index (χ2v) is 5.46. The van der Waals surface area contributed by atoms with Crippen LogP contribution in [0.1, 0.15) is 53.8 Å². The lowest BCUT2D eigenvalue weighted by Crippen LogP contribution is -2.20. The number of rotatable bonds is 5. The van der Waals surface area contributed by atoms with Crippen LogP contribution in [0.25, 0.3) is 0 Å². The minimum atomic E-state index is -0.846. The average Bonchev–Trinajstić information content (AvgIpc) is 2.50. The Hall–Kier alpha value is -2.49. The number of benzene rings is 1. The van der Waals surface area contributed by atoms with Crippen LogP contribution in [0.15, 0.2) is 47.1 Å². The number of carbonyl (C=O) groups is 3. The maximum atomic E-state index is 12.5. The van der Waals surface area contributed by atoms with Crippen molar-refractivity contribution in [2.24, 2.45) is 0 Å². The van der Waals surface area contributed by atoms with Crippen LogP contribution < -0.4 is 0 Å². The first-order valence-corrected chi connectivity index (χ1v) is 7.17. The zero-order valence-corrected chi connectivity index (χ0v) is 12.7. The zero-order chi connectivity index (χ0) is 16.3. The van der Waals surface area contributed by atoms with Gasteiger partial charge in [-0.3, -0.25) is 14.4 Å². The number of carboxylic acid groups (broad SMARTS) is 1. The monoisotopic (exact) mass is 298 g/mol. The van der Waals surface area contributed by atoms with Crippen molar-refractivity contribution < 1.29 is 19.5 Å². The second-order valence-electron chi connectivity index (χ2n) is 5.46. The molecule has 1 aliphatic rings. The first-order valence-electron chi connectivity index (χ1n) is 7.17. The van der Waals surface area contributed by atoms with Gasteiger partial charge in [0.2, 0.25) is 0 Å². The van der Waals surface area contributed by atoms with E-state index < -0.39 is 5.97 Å². The van der Waals surface area contributed by atoms with E-state index in [4.69, 9.17) is 5.11 Å². The number of allylic oxidation sites excluding steroid dienone is 4. The summed E-state index contributed by atoms with van der Waals surface area (Å²) in [4.78, 5) is 35.4. The lowest BCUT2D eigenvalue weighted by atomic mass is 9.83. The molecule has 0 radical (unpaired) electrons. The van der Waals surface area contributed by atoms with Crippen molar-refractivity contribution in [3.05, 3.63) is 58.2 Å². The van der Waals surface area contributed by atoms with Gasteiger partial charge in [-0.25, -0.2) is 0 Å². The lowest BCUT2D eigenvalue weighted by Gasteiger charge is -2.18. The standard InChI is InChI=1S/C18H18O4/c1-11(8-10-16(19)20)7-9-13-12(2)17(21)14-5-3-4-6-15(14)18(13)22/h3-7H,8-10H2,1-2H3,(H,19,20)/b11-7-. The Balaban J connectivity index is 2.23. The normalized spacial score (nSPS) is 15.1. The van der Waals surface area contributed by atoms with Crippen molar-refractivity contribution in [1.82, 2.24) is 0 Å². The van der Waals surface area contributed by atoms with Gasteiger partial charge in [0, 0.05) is 28.7 Å². The molecule has 0 saturated heterocycles. The summed E-state index contributed by atoms with van der Waals surface area (Å²) in [7, 11) is 0. The average molecular weight is 298 g/mol. The van der Waals surface area contributed by atoms with Crippen LogP contribution in [0.3, 0.4) is 0 Å². The molecule has 0 unspecified atom stereocenters. The van der Waals surface area contributed by atoms with Crippen molar-refractivity contribution in [2.45, 2.75) is 33.1 Å². The Morgan fingerprint density at radius 3 is 2.27 bits per heavy atom. The topological polar surface area (TPSA) is 71.4 Å². The summed E-state index contributed by atoms with van der Waals surface area (Å²) in [5, 5.41) is 8.67. The maximum absolute atomic E-state index is 12.5. The van der Waals surface area contributed by atoms with Gasteiger partial charge < -0.3 is 5.11 Å². The minimum Gasteiger partial charge on any atom is -0.481 e. The molecule has 4 nitrogen and oxygen atoms in total. The van der Waals surface area contributed by atoms with Crippen molar-refractivity contribution in [1.29, 1.82) is 0 Å². The van der Waals surface area contributed by atoms with E-state index in [9.17, 15) is 14.4 Å². The van der Waals surface area contributed by atoms with Crippen LogP contribution in [0, 0.1) is 0 Å². The molecule has 1 N–H and O–H groups in total. The summed E-state index contributed by atoms with van der Waals surface area (Å²) in [6.45, 7) is 3.51. The molecule has 0 bridgehead atoms. The van der Waals surface area contributed by atoms with E-state index in [2.05, 4.69) is 0 Å². The predicted molar refractivity (Wildman–Crippen MR) is 83.0 cm³/mol. The van der Waals surface area contributed by atoms with Crippen molar-refractivity contribution >= 4 is 17.5 Å². The molecule has 0 aromatic heterocycles. The van der Waals surface area contributed by atoms with E-state index in [1.54, 1.807) is 31.2 Å². The molecule has 0 aliphatic heterocycles. The third-order valence-corrected chi connectivity index (χ3v) is 3.87. The van der Waals surface area contributed by atoms with Gasteiger partial charge in [-0.15, -0.1) is 0 Å². The molecule has 114 valence electrons. The molecular weight excluding hydrogens is 280 g/mol. The van der Waals surface area contributed by atoms with E-state index in [0.29, 0.717) is 35.1 Å². The van der Waals surface area contributed by atoms with Gasteiger partial charge in [-0.2, -0.15) is 0 Å². The van der Waals surface area contributed by atoms with Crippen LogP contribution in [0.4, 0.5) is 0 Å². The molecule has 0 heterocycles. The van der Waals surface area contributed by atoms with E-state index in [0.717, 1.165) is 5.57 Å². The maximum Gasteiger partial charge on any atom is 0.303 e. The van der Waals surface area contributed by atoms with Crippen LogP contribution in [0.5, 0.6) is 0 Å². The first-order chi connectivity index (χ1) is 10.4. The van der Waals surface area contributed by atoms with E-state index in [-0.39, 0.29) is 18.0 Å². The summed E-state index contributed by atoms with van der Waals surface area (Å²) in [6.07, 6.45) is 2.70. The van der Waals surface area contributed by atoms with Gasteiger partial charge >= 0.3 is 5.97 Å². The molecule has 2 rings (SSSR count). The molecule has 0 saturated carbocycles. The Labute approximate surface area is 129 Å². The molecule has 4 heteroatoms. The Kier molecular flexibility index (Phi) is 4.71. The van der Waals surface area contributed by atoms with Crippen molar-refractivity contribution in [2.75, 3.05) is 0 Å². The van der Waals surface area contributed by atoms with Crippen LogP contribution >= 0.6 is 0 Å². The number of carbonyl (C=O) groups excluding carboxylic acids is 2. The summed E-state index contributed by atoms with van der Waals surface area (Å²) < 4.78 is 0. The Morgan fingerprint density at radius 1 is 1.09 bits per heavy atom. The van der Waals surface area contributed by atoms with Gasteiger partial charge in [0.1, 0.15) is 0 Å². The number of Topliss-reactive ketones (excluding diaryl/α,β-unsaturated/α-hetero) is 2. The minimum absolute atomic E-state index is 0.0655. The summed E-state index contributed by atoms with van der Waals surface area (Å²) in [6, 6.07) is 6.83. The van der Waals surface area contributed by atoms with E-state index in [1.807, 2.05) is 13.0 Å². The highest BCUT2D eigenvalue weighted by molar-refractivity contribution is 6.26. The number of hydrogen-bond acceptors (Lipinski definition) is 3. The smallest absolute Gasteiger partial charge is 0.303 e. The first kappa shape index (κ1) is 15.9. The largest absolute Gasteiger partial charge is 0.481 e. The molecule has 1 aromatic rings. The number of aliphatic carboxylic acids is 1. The van der Waals surface area contributed by atoms with Gasteiger partial charge in [-0.1, -0.05) is 35.9 Å². The fourth-order valence-corrected chi connectivity index (χ4v) is 2.48. The van der Waals surface area contributed by atoms with E-state index >= 15 is 0 Å². The van der Waals surface area contributed by atoms with Crippen LogP contribution in [-0.2, 0) is 4.79 Å². The third-order valence-electron chi connectivity index (χ3n) is 3.87. The lowest BCUT2D eigenvalue weighted by molar-refractivity contribution is -0.136. The van der Waals surface area contributed by atoms with Crippen LogP contribution in [-0.4, -0.2) is 22.6 Å². The number of ketones is 2. The highest BCUT2D eigenvalue weighted by Crippen LogP contribution is 2.28. The Bertz CT molecular complexity index is 708. The highest BCUT2D eigenvalue weighted by Gasteiger charge is 2.28. The Morgan fingerprint density at radius 2 is 1.68 bits per heavy atom. The number of carboxylic acids is 1. The van der Waals surface area contributed by atoms with Gasteiger partial charge in [0.25, 0.3) is 0 Å². The van der Waals surface area contributed by atoms with E-state index in [1.165, 1.54) is 0 Å². The highest BCUT2D eigenvalue weighted by atomic mass is 16.4. The molecule has 0 spiro atoms. The SMILES string of the molecule is CC1=C(C/C=C(/C)CCC(=O)O)C(=O)c2ccccc2C1=O. The summed E-state index contributed by atoms with van der Waals surface area (Å²) >= 11 is 0. The summed E-state index contributed by atoms with van der Waals surface area (Å²) in [5.74, 6) is -1.07. The number of hydrogen-bond donors (Lipinski definition) is 1. The molecule has 0 atom stereocenters.